The molecular formula is C13H14Cl2N2OS. The smallest absolute Gasteiger partial charge is 0.187 e. The minimum Gasteiger partial charge on any atom is -0.496 e. The van der Waals surface area contributed by atoms with Crippen LogP contribution in [0.1, 0.15) is 10.4 Å². The maximum Gasteiger partial charge on any atom is 0.187 e. The number of hydrogen-bond donors (Lipinski definition) is 0. The number of aromatic nitrogens is 1. The van der Waals surface area contributed by atoms with Gasteiger partial charge in [0.25, 0.3) is 0 Å². The summed E-state index contributed by atoms with van der Waals surface area (Å²) in [5, 5.41) is 1.34. The number of benzene rings is 1. The number of alkyl halides is 1. The molecule has 0 N–H and O–H groups in total. The number of ether oxygens (including phenoxy) is 1. The fourth-order valence-corrected chi connectivity index (χ4v) is 3.16. The van der Waals surface area contributed by atoms with E-state index in [9.17, 15) is 0 Å². The number of hydrogen-bond acceptors (Lipinski definition) is 4. The lowest BCUT2D eigenvalue weighted by Gasteiger charge is -2.17. The first-order valence-electron chi connectivity index (χ1n) is 5.70. The molecule has 19 heavy (non-hydrogen) atoms. The molecule has 102 valence electrons. The third kappa shape index (κ3) is 3.32. The van der Waals surface area contributed by atoms with Crippen molar-refractivity contribution >= 4 is 39.7 Å². The number of nitrogens with zero attached hydrogens (tertiary/aromatic N) is 2. The second-order valence-corrected chi connectivity index (χ2v) is 5.70. The van der Waals surface area contributed by atoms with Crippen LogP contribution in [0.4, 0.5) is 5.13 Å². The van der Waals surface area contributed by atoms with Crippen molar-refractivity contribution in [3.63, 3.8) is 0 Å². The van der Waals surface area contributed by atoms with Gasteiger partial charge in [0.05, 0.1) is 17.9 Å². The topological polar surface area (TPSA) is 25.4 Å². The molecule has 6 heteroatoms. The largest absolute Gasteiger partial charge is 0.496 e. The van der Waals surface area contributed by atoms with E-state index in [-0.39, 0.29) is 0 Å². The Kier molecular flexibility index (Phi) is 4.91. The van der Waals surface area contributed by atoms with Gasteiger partial charge >= 0.3 is 0 Å². The Morgan fingerprint density at radius 3 is 2.74 bits per heavy atom. The highest BCUT2D eigenvalue weighted by Crippen LogP contribution is 2.31. The Balaban J connectivity index is 2.18. The summed E-state index contributed by atoms with van der Waals surface area (Å²) in [4.78, 5) is 7.24. The first kappa shape index (κ1) is 14.4. The molecule has 0 spiro atoms. The summed E-state index contributed by atoms with van der Waals surface area (Å²) >= 11 is 13.3. The van der Waals surface area contributed by atoms with Gasteiger partial charge in [-0.15, -0.1) is 11.6 Å². The minimum atomic E-state index is 0.388. The molecule has 0 atom stereocenters. The highest BCUT2D eigenvalue weighted by atomic mass is 35.5. The molecule has 0 aliphatic carbocycles. The quantitative estimate of drug-likeness (QED) is 0.774. The summed E-state index contributed by atoms with van der Waals surface area (Å²) in [6.07, 6.45) is 0. The van der Waals surface area contributed by atoms with E-state index in [1.165, 1.54) is 11.3 Å². The molecule has 0 saturated heterocycles. The lowest BCUT2D eigenvalue weighted by atomic mass is 10.2. The summed E-state index contributed by atoms with van der Waals surface area (Å²) in [7, 11) is 3.64. The number of methoxy groups -OCH3 is 1. The van der Waals surface area contributed by atoms with Crippen LogP contribution in [0.25, 0.3) is 0 Å². The molecule has 0 radical (unpaired) electrons. The van der Waals surface area contributed by atoms with Crippen molar-refractivity contribution < 1.29 is 4.74 Å². The van der Waals surface area contributed by atoms with Crippen molar-refractivity contribution in [1.29, 1.82) is 0 Å². The second-order valence-electron chi connectivity index (χ2n) is 4.01. The molecule has 1 aromatic carbocycles. The molecular weight excluding hydrogens is 303 g/mol. The van der Waals surface area contributed by atoms with Crippen molar-refractivity contribution in [2.45, 2.75) is 12.4 Å². The zero-order valence-corrected chi connectivity index (χ0v) is 13.0. The van der Waals surface area contributed by atoms with E-state index in [2.05, 4.69) is 4.98 Å². The van der Waals surface area contributed by atoms with Gasteiger partial charge in [0, 0.05) is 19.2 Å². The molecule has 2 aromatic rings. The Hall–Kier alpha value is -0.970. The van der Waals surface area contributed by atoms with E-state index in [1.54, 1.807) is 7.11 Å². The predicted octanol–water partition coefficient (Wildman–Crippen LogP) is 4.18. The molecule has 0 fully saturated rings. The summed E-state index contributed by atoms with van der Waals surface area (Å²) in [5.74, 6) is 1.26. The van der Waals surface area contributed by atoms with Crippen LogP contribution in [0, 0.1) is 0 Å². The summed E-state index contributed by atoms with van der Waals surface area (Å²) in [5.41, 5.74) is 1.10. The standard InChI is InChI=1S/C13H14Cl2N2OS/c1-17(13-16-12(15)11(7-14)19-13)8-9-5-3-4-6-10(9)18-2/h3-6H,7-8H2,1-2H3. The van der Waals surface area contributed by atoms with Gasteiger partial charge in [-0.2, -0.15) is 0 Å². The molecule has 0 unspecified atom stereocenters. The Morgan fingerprint density at radius 2 is 2.11 bits per heavy atom. The maximum absolute atomic E-state index is 6.01. The molecule has 1 aromatic heterocycles. The lowest BCUT2D eigenvalue weighted by molar-refractivity contribution is 0.409. The van der Waals surface area contributed by atoms with E-state index in [4.69, 9.17) is 27.9 Å². The van der Waals surface area contributed by atoms with Crippen LogP contribution in [0.5, 0.6) is 5.75 Å². The van der Waals surface area contributed by atoms with Crippen molar-refractivity contribution in [1.82, 2.24) is 4.98 Å². The fourth-order valence-electron chi connectivity index (χ4n) is 1.72. The Labute approximate surface area is 126 Å². The molecule has 0 amide bonds. The van der Waals surface area contributed by atoms with Gasteiger partial charge in [-0.25, -0.2) is 4.98 Å². The average molecular weight is 317 g/mol. The molecule has 3 nitrogen and oxygen atoms in total. The minimum absolute atomic E-state index is 0.388. The zero-order valence-electron chi connectivity index (χ0n) is 10.7. The maximum atomic E-state index is 6.01. The Morgan fingerprint density at radius 1 is 1.37 bits per heavy atom. The highest BCUT2D eigenvalue weighted by Gasteiger charge is 2.13. The molecule has 0 aliphatic rings. The molecule has 2 rings (SSSR count). The van der Waals surface area contributed by atoms with Crippen LogP contribution in [0.15, 0.2) is 24.3 Å². The van der Waals surface area contributed by atoms with Crippen LogP contribution >= 0.6 is 34.5 Å². The van der Waals surface area contributed by atoms with Crippen LogP contribution < -0.4 is 9.64 Å². The van der Waals surface area contributed by atoms with E-state index in [0.717, 1.165) is 21.3 Å². The zero-order chi connectivity index (χ0) is 13.8. The molecule has 0 saturated carbocycles. The van der Waals surface area contributed by atoms with Crippen LogP contribution in [-0.4, -0.2) is 19.1 Å². The van der Waals surface area contributed by atoms with Crippen LogP contribution in [-0.2, 0) is 12.4 Å². The summed E-state index contributed by atoms with van der Waals surface area (Å²) in [6, 6.07) is 7.92. The normalized spacial score (nSPS) is 10.5. The number of thiazole rings is 1. The Bertz CT molecular complexity index is 559. The summed E-state index contributed by atoms with van der Waals surface area (Å²) < 4.78 is 5.34. The van der Waals surface area contributed by atoms with E-state index in [1.807, 2.05) is 36.2 Å². The SMILES string of the molecule is COc1ccccc1CN(C)c1nc(Cl)c(CCl)s1. The van der Waals surface area contributed by atoms with Gasteiger partial charge in [0.15, 0.2) is 5.13 Å². The number of halogens is 2. The third-order valence-corrected chi connectivity index (χ3v) is 4.71. The van der Waals surface area contributed by atoms with Gasteiger partial charge < -0.3 is 9.64 Å². The number of rotatable bonds is 5. The first-order valence-corrected chi connectivity index (χ1v) is 7.42. The van der Waals surface area contributed by atoms with E-state index < -0.39 is 0 Å². The number of para-hydroxylation sites is 1. The van der Waals surface area contributed by atoms with Crippen molar-refractivity contribution in [2.75, 3.05) is 19.1 Å². The van der Waals surface area contributed by atoms with E-state index in [0.29, 0.717) is 17.6 Å². The van der Waals surface area contributed by atoms with E-state index >= 15 is 0 Å². The predicted molar refractivity (Wildman–Crippen MR) is 81.8 cm³/mol. The van der Waals surface area contributed by atoms with Gasteiger partial charge in [-0.05, 0) is 6.07 Å². The molecule has 0 bridgehead atoms. The highest BCUT2D eigenvalue weighted by molar-refractivity contribution is 7.16. The van der Waals surface area contributed by atoms with Gasteiger partial charge in [-0.3, -0.25) is 0 Å². The van der Waals surface area contributed by atoms with Crippen molar-refractivity contribution in [3.8, 4) is 5.75 Å². The molecule has 1 heterocycles. The van der Waals surface area contributed by atoms with Gasteiger partial charge in [0.2, 0.25) is 0 Å². The first-order chi connectivity index (χ1) is 9.15. The monoisotopic (exact) mass is 316 g/mol. The molecule has 0 aliphatic heterocycles. The van der Waals surface area contributed by atoms with Crippen LogP contribution in [0.2, 0.25) is 5.15 Å². The van der Waals surface area contributed by atoms with Crippen molar-refractivity contribution in [3.05, 3.63) is 39.9 Å². The average Bonchev–Trinajstić information content (AvgIpc) is 2.80. The summed E-state index contributed by atoms with van der Waals surface area (Å²) in [6.45, 7) is 0.704. The number of anilines is 1. The van der Waals surface area contributed by atoms with Crippen molar-refractivity contribution in [2.24, 2.45) is 0 Å². The lowest BCUT2D eigenvalue weighted by Crippen LogP contribution is -2.16. The van der Waals surface area contributed by atoms with Gasteiger partial charge in [-0.1, -0.05) is 41.1 Å². The second kappa shape index (κ2) is 6.46. The third-order valence-electron chi connectivity index (χ3n) is 2.69. The van der Waals surface area contributed by atoms with Gasteiger partial charge in [0.1, 0.15) is 10.9 Å². The fraction of sp³-hybridized carbons (Fsp3) is 0.308. The van der Waals surface area contributed by atoms with Crippen LogP contribution in [0.3, 0.4) is 0 Å².